The third-order valence-corrected chi connectivity index (χ3v) is 4.20. The number of rotatable bonds is 3. The Labute approximate surface area is 131 Å². The minimum Gasteiger partial charge on any atom is -0.336 e. The second kappa shape index (κ2) is 6.71. The van der Waals surface area contributed by atoms with Crippen molar-refractivity contribution in [2.45, 2.75) is 6.92 Å². The maximum Gasteiger partial charge on any atom is 0.255 e. The summed E-state index contributed by atoms with van der Waals surface area (Å²) in [6.07, 6.45) is 3.47. The summed E-state index contributed by atoms with van der Waals surface area (Å²) in [5.41, 5.74) is 2.74. The van der Waals surface area contributed by atoms with E-state index < -0.39 is 0 Å². The van der Waals surface area contributed by atoms with Crippen molar-refractivity contribution in [2.24, 2.45) is 0 Å². The summed E-state index contributed by atoms with van der Waals surface area (Å²) in [5.74, 6) is 0.0843. The predicted molar refractivity (Wildman–Crippen MR) is 87.7 cm³/mol. The first-order chi connectivity index (χ1) is 10.8. The first kappa shape index (κ1) is 14.7. The highest BCUT2D eigenvalue weighted by Crippen LogP contribution is 2.19. The molecule has 0 aliphatic carbocycles. The SMILES string of the molecule is CCN1CCN(C(=O)c2cncc(-c3ccccc3)c2)CC1. The zero-order valence-corrected chi connectivity index (χ0v) is 12.9. The molecule has 1 aliphatic rings. The van der Waals surface area contributed by atoms with Crippen molar-refractivity contribution in [2.75, 3.05) is 32.7 Å². The smallest absolute Gasteiger partial charge is 0.255 e. The van der Waals surface area contributed by atoms with Crippen LogP contribution in [-0.2, 0) is 0 Å². The molecule has 0 unspecified atom stereocenters. The van der Waals surface area contributed by atoms with Crippen LogP contribution in [0.15, 0.2) is 48.8 Å². The minimum atomic E-state index is 0.0843. The van der Waals surface area contributed by atoms with Gasteiger partial charge in [0.15, 0.2) is 0 Å². The lowest BCUT2D eigenvalue weighted by Crippen LogP contribution is -2.48. The number of carbonyl (C=O) groups is 1. The Bertz CT molecular complexity index is 634. The van der Waals surface area contributed by atoms with Crippen LogP contribution >= 0.6 is 0 Å². The molecule has 1 saturated heterocycles. The average Bonchev–Trinajstić information content (AvgIpc) is 2.62. The van der Waals surface area contributed by atoms with E-state index in [9.17, 15) is 4.79 Å². The molecule has 1 aliphatic heterocycles. The fraction of sp³-hybridized carbons (Fsp3) is 0.333. The van der Waals surface area contributed by atoms with Gasteiger partial charge in [0.1, 0.15) is 0 Å². The third-order valence-electron chi connectivity index (χ3n) is 4.20. The maximum atomic E-state index is 12.6. The van der Waals surface area contributed by atoms with Gasteiger partial charge in [-0.25, -0.2) is 0 Å². The van der Waals surface area contributed by atoms with E-state index in [1.165, 1.54) is 0 Å². The van der Waals surface area contributed by atoms with Gasteiger partial charge in [0.05, 0.1) is 5.56 Å². The molecule has 3 rings (SSSR count). The Morgan fingerprint density at radius 1 is 1.05 bits per heavy atom. The number of amides is 1. The first-order valence-electron chi connectivity index (χ1n) is 7.80. The van der Waals surface area contributed by atoms with Gasteiger partial charge in [-0.15, -0.1) is 0 Å². The molecule has 2 heterocycles. The molecule has 4 nitrogen and oxygen atoms in total. The van der Waals surface area contributed by atoms with Crippen LogP contribution in [0.3, 0.4) is 0 Å². The molecule has 4 heteroatoms. The molecule has 1 fully saturated rings. The number of likely N-dealkylation sites (N-methyl/N-ethyl adjacent to an activating group) is 1. The summed E-state index contributed by atoms with van der Waals surface area (Å²) < 4.78 is 0. The lowest BCUT2D eigenvalue weighted by Gasteiger charge is -2.34. The van der Waals surface area contributed by atoms with Crippen molar-refractivity contribution in [1.29, 1.82) is 0 Å². The van der Waals surface area contributed by atoms with Crippen molar-refractivity contribution in [3.05, 3.63) is 54.4 Å². The molecule has 22 heavy (non-hydrogen) atoms. The summed E-state index contributed by atoms with van der Waals surface area (Å²) in [4.78, 5) is 21.2. The van der Waals surface area contributed by atoms with Crippen molar-refractivity contribution in [1.82, 2.24) is 14.8 Å². The van der Waals surface area contributed by atoms with Crippen LogP contribution in [0.25, 0.3) is 11.1 Å². The standard InChI is InChI=1S/C18H21N3O/c1-2-20-8-10-21(11-9-20)18(22)17-12-16(13-19-14-17)15-6-4-3-5-7-15/h3-7,12-14H,2,8-11H2,1H3. The van der Waals surface area contributed by atoms with Crippen molar-refractivity contribution >= 4 is 5.91 Å². The first-order valence-corrected chi connectivity index (χ1v) is 7.80. The van der Waals surface area contributed by atoms with E-state index in [0.717, 1.165) is 43.9 Å². The van der Waals surface area contributed by atoms with E-state index in [0.29, 0.717) is 5.56 Å². The summed E-state index contributed by atoms with van der Waals surface area (Å²) in [6.45, 7) is 6.70. The Balaban J connectivity index is 1.76. The van der Waals surface area contributed by atoms with E-state index >= 15 is 0 Å². The molecule has 114 valence electrons. The number of aromatic nitrogens is 1. The predicted octanol–water partition coefficient (Wildman–Crippen LogP) is 2.53. The van der Waals surface area contributed by atoms with E-state index in [4.69, 9.17) is 0 Å². The Kier molecular flexibility index (Phi) is 4.49. The van der Waals surface area contributed by atoms with E-state index in [1.54, 1.807) is 12.4 Å². The number of hydrogen-bond donors (Lipinski definition) is 0. The highest BCUT2D eigenvalue weighted by molar-refractivity contribution is 5.95. The van der Waals surface area contributed by atoms with Crippen molar-refractivity contribution in [3.63, 3.8) is 0 Å². The Hall–Kier alpha value is -2.20. The number of carbonyl (C=O) groups excluding carboxylic acids is 1. The van der Waals surface area contributed by atoms with Crippen LogP contribution in [-0.4, -0.2) is 53.4 Å². The maximum absolute atomic E-state index is 12.6. The molecule has 1 amide bonds. The molecule has 2 aromatic rings. The number of piperazine rings is 1. The second-order valence-electron chi connectivity index (χ2n) is 5.55. The summed E-state index contributed by atoms with van der Waals surface area (Å²) in [7, 11) is 0. The van der Waals surface area contributed by atoms with Crippen molar-refractivity contribution < 1.29 is 4.79 Å². The van der Waals surface area contributed by atoms with Crippen LogP contribution in [0.2, 0.25) is 0 Å². The zero-order valence-electron chi connectivity index (χ0n) is 12.9. The highest BCUT2D eigenvalue weighted by Gasteiger charge is 2.21. The molecule has 1 aromatic carbocycles. The fourth-order valence-corrected chi connectivity index (χ4v) is 2.80. The highest BCUT2D eigenvalue weighted by atomic mass is 16.2. The van der Waals surface area contributed by atoms with Gasteiger partial charge in [-0.1, -0.05) is 37.3 Å². The van der Waals surface area contributed by atoms with Crippen LogP contribution in [0.4, 0.5) is 0 Å². The zero-order chi connectivity index (χ0) is 15.4. The number of pyridine rings is 1. The van der Waals surface area contributed by atoms with Gasteiger partial charge < -0.3 is 9.80 Å². The lowest BCUT2D eigenvalue weighted by molar-refractivity contribution is 0.0643. The van der Waals surface area contributed by atoms with Gasteiger partial charge in [-0.2, -0.15) is 0 Å². The molecule has 0 saturated carbocycles. The van der Waals surface area contributed by atoms with Crippen molar-refractivity contribution in [3.8, 4) is 11.1 Å². The van der Waals surface area contributed by atoms with E-state index in [2.05, 4.69) is 16.8 Å². The van der Waals surface area contributed by atoms with Crippen LogP contribution in [0, 0.1) is 0 Å². The monoisotopic (exact) mass is 295 g/mol. The fourth-order valence-electron chi connectivity index (χ4n) is 2.80. The molecule has 0 atom stereocenters. The minimum absolute atomic E-state index is 0.0843. The molecule has 0 N–H and O–H groups in total. The molecule has 0 radical (unpaired) electrons. The van der Waals surface area contributed by atoms with Gasteiger partial charge in [0, 0.05) is 44.1 Å². The number of benzene rings is 1. The van der Waals surface area contributed by atoms with Crippen LogP contribution in [0.5, 0.6) is 0 Å². The van der Waals surface area contributed by atoms with Crippen LogP contribution < -0.4 is 0 Å². The quantitative estimate of drug-likeness (QED) is 0.873. The Morgan fingerprint density at radius 2 is 1.77 bits per heavy atom. The molecule has 0 bridgehead atoms. The lowest BCUT2D eigenvalue weighted by atomic mass is 10.1. The normalized spacial score (nSPS) is 15.8. The van der Waals surface area contributed by atoms with E-state index in [-0.39, 0.29) is 5.91 Å². The van der Waals surface area contributed by atoms with Gasteiger partial charge >= 0.3 is 0 Å². The van der Waals surface area contributed by atoms with Crippen LogP contribution in [0.1, 0.15) is 17.3 Å². The Morgan fingerprint density at radius 3 is 2.45 bits per heavy atom. The average molecular weight is 295 g/mol. The largest absolute Gasteiger partial charge is 0.336 e. The number of hydrogen-bond acceptors (Lipinski definition) is 3. The topological polar surface area (TPSA) is 36.4 Å². The summed E-state index contributed by atoms with van der Waals surface area (Å²) >= 11 is 0. The van der Waals surface area contributed by atoms with Gasteiger partial charge in [-0.3, -0.25) is 9.78 Å². The molecular formula is C18H21N3O. The summed E-state index contributed by atoms with van der Waals surface area (Å²) in [6, 6.07) is 12.0. The molecule has 1 aromatic heterocycles. The van der Waals surface area contributed by atoms with Gasteiger partial charge in [0.25, 0.3) is 5.91 Å². The number of nitrogens with zero attached hydrogens (tertiary/aromatic N) is 3. The van der Waals surface area contributed by atoms with Gasteiger partial charge in [-0.05, 0) is 18.2 Å². The molecule has 0 spiro atoms. The molecular weight excluding hydrogens is 274 g/mol. The van der Waals surface area contributed by atoms with E-state index in [1.807, 2.05) is 41.3 Å². The second-order valence-corrected chi connectivity index (χ2v) is 5.55. The summed E-state index contributed by atoms with van der Waals surface area (Å²) in [5, 5.41) is 0. The third kappa shape index (κ3) is 3.17. The van der Waals surface area contributed by atoms with Gasteiger partial charge in [0.2, 0.25) is 0 Å².